The summed E-state index contributed by atoms with van der Waals surface area (Å²) < 4.78 is 3.03. The predicted molar refractivity (Wildman–Crippen MR) is 49.8 cm³/mol. The molecule has 0 saturated heterocycles. The van der Waals surface area contributed by atoms with Crippen molar-refractivity contribution in [2.24, 2.45) is 0 Å². The van der Waals surface area contributed by atoms with Gasteiger partial charge in [0.25, 0.3) is 0 Å². The quantitative estimate of drug-likeness (QED) is 0.775. The van der Waals surface area contributed by atoms with Crippen LogP contribution in [-0.2, 0) is 6.54 Å². The van der Waals surface area contributed by atoms with E-state index >= 15 is 0 Å². The van der Waals surface area contributed by atoms with Gasteiger partial charge in [0.2, 0.25) is 5.82 Å². The van der Waals surface area contributed by atoms with Crippen LogP contribution in [0.3, 0.4) is 0 Å². The van der Waals surface area contributed by atoms with Crippen LogP contribution in [0.2, 0.25) is 0 Å². The van der Waals surface area contributed by atoms with Gasteiger partial charge >= 0.3 is 5.97 Å². The molecule has 0 radical (unpaired) electrons. The molecule has 0 unspecified atom stereocenters. The highest BCUT2D eigenvalue weighted by Gasteiger charge is 2.14. The van der Waals surface area contributed by atoms with Crippen molar-refractivity contribution >= 4 is 5.97 Å². The second kappa shape index (κ2) is 3.52. The number of carbonyl (C=O) groups is 1. The van der Waals surface area contributed by atoms with Crippen LogP contribution in [0.15, 0.2) is 18.6 Å². The molecule has 2 heterocycles. The highest BCUT2D eigenvalue weighted by Crippen LogP contribution is 2.08. The monoisotopic (exact) mass is 207 g/mol. The Morgan fingerprint density at radius 1 is 1.60 bits per heavy atom. The van der Waals surface area contributed by atoms with Gasteiger partial charge in [-0.05, 0) is 6.92 Å². The van der Waals surface area contributed by atoms with Crippen LogP contribution in [0.5, 0.6) is 0 Å². The highest BCUT2D eigenvalue weighted by atomic mass is 16.4. The summed E-state index contributed by atoms with van der Waals surface area (Å²) in [5, 5.41) is 16.4. The fourth-order valence-corrected chi connectivity index (χ4v) is 1.31. The molecule has 0 atom stereocenters. The van der Waals surface area contributed by atoms with E-state index in [-0.39, 0.29) is 5.82 Å². The van der Waals surface area contributed by atoms with Crippen LogP contribution in [0, 0.1) is 0 Å². The lowest BCUT2D eigenvalue weighted by atomic mass is 10.5. The fourth-order valence-electron chi connectivity index (χ4n) is 1.31. The summed E-state index contributed by atoms with van der Waals surface area (Å²) in [5.74, 6) is -0.539. The lowest BCUT2D eigenvalue weighted by molar-refractivity contribution is 0.0681. The Bertz CT molecular complexity index is 487. The maximum atomic E-state index is 10.8. The van der Waals surface area contributed by atoms with E-state index < -0.39 is 5.97 Å². The smallest absolute Gasteiger partial charge is 0.372 e. The molecule has 2 aromatic heterocycles. The van der Waals surface area contributed by atoms with Gasteiger partial charge in [0.1, 0.15) is 0 Å². The van der Waals surface area contributed by atoms with Gasteiger partial charge in [-0.25, -0.2) is 14.5 Å². The van der Waals surface area contributed by atoms with Crippen LogP contribution >= 0.6 is 0 Å². The molecule has 0 aliphatic carbocycles. The highest BCUT2D eigenvalue weighted by molar-refractivity contribution is 5.84. The van der Waals surface area contributed by atoms with E-state index in [1.54, 1.807) is 10.9 Å². The maximum absolute atomic E-state index is 10.8. The number of carboxylic acids is 1. The third kappa shape index (κ3) is 1.47. The number of aromatic carboxylic acids is 1. The molecule has 0 saturated carbocycles. The molecule has 15 heavy (non-hydrogen) atoms. The minimum Gasteiger partial charge on any atom is -0.475 e. The minimum absolute atomic E-state index is 0.0491. The minimum atomic E-state index is -1.08. The first-order valence-corrected chi connectivity index (χ1v) is 4.39. The Kier molecular flexibility index (Phi) is 2.20. The lowest BCUT2D eigenvalue weighted by Gasteiger charge is -2.04. The van der Waals surface area contributed by atoms with Crippen molar-refractivity contribution in [1.29, 1.82) is 0 Å². The maximum Gasteiger partial charge on any atom is 0.372 e. The Labute approximate surface area is 85.0 Å². The third-order valence-electron chi connectivity index (χ3n) is 1.98. The Morgan fingerprint density at radius 3 is 3.07 bits per heavy atom. The van der Waals surface area contributed by atoms with Gasteiger partial charge in [0, 0.05) is 18.9 Å². The molecule has 2 aromatic rings. The number of carboxylic acid groups (broad SMARTS) is 1. The lowest BCUT2D eigenvalue weighted by Crippen LogP contribution is -2.12. The van der Waals surface area contributed by atoms with Crippen molar-refractivity contribution in [2.75, 3.05) is 0 Å². The molecule has 0 spiro atoms. The molecule has 7 nitrogen and oxygen atoms in total. The summed E-state index contributed by atoms with van der Waals surface area (Å²) in [7, 11) is 0. The van der Waals surface area contributed by atoms with Crippen LogP contribution in [-0.4, -0.2) is 35.6 Å². The molecule has 1 N–H and O–H groups in total. The van der Waals surface area contributed by atoms with Gasteiger partial charge in [-0.2, -0.15) is 0 Å². The second-order valence-corrected chi connectivity index (χ2v) is 2.83. The molecule has 0 amide bonds. The van der Waals surface area contributed by atoms with Gasteiger partial charge in [-0.15, -0.1) is 5.10 Å². The van der Waals surface area contributed by atoms with Gasteiger partial charge in [0.15, 0.2) is 5.82 Å². The van der Waals surface area contributed by atoms with Crippen LogP contribution < -0.4 is 0 Å². The average Bonchev–Trinajstić information content (AvgIpc) is 2.85. The summed E-state index contributed by atoms with van der Waals surface area (Å²) in [5.41, 5.74) is 0. The zero-order valence-electron chi connectivity index (χ0n) is 8.03. The van der Waals surface area contributed by atoms with Crippen molar-refractivity contribution in [3.63, 3.8) is 0 Å². The van der Waals surface area contributed by atoms with Crippen molar-refractivity contribution in [2.45, 2.75) is 13.5 Å². The first-order valence-electron chi connectivity index (χ1n) is 4.39. The van der Waals surface area contributed by atoms with Gasteiger partial charge in [-0.3, -0.25) is 4.57 Å². The number of hydrogen-bond donors (Lipinski definition) is 1. The number of imidazole rings is 1. The first-order chi connectivity index (χ1) is 7.24. The Hall–Kier alpha value is -2.18. The average molecular weight is 207 g/mol. The van der Waals surface area contributed by atoms with E-state index in [0.717, 1.165) is 0 Å². The predicted octanol–water partition coefficient (Wildman–Crippen LogP) is 0.182. The van der Waals surface area contributed by atoms with Gasteiger partial charge in [-0.1, -0.05) is 5.21 Å². The van der Waals surface area contributed by atoms with E-state index in [4.69, 9.17) is 5.11 Å². The van der Waals surface area contributed by atoms with E-state index in [0.29, 0.717) is 12.4 Å². The molecule has 0 bridgehead atoms. The number of aryl methyl sites for hydroxylation is 1. The van der Waals surface area contributed by atoms with E-state index in [1.165, 1.54) is 17.0 Å². The molecule has 0 fully saturated rings. The summed E-state index contributed by atoms with van der Waals surface area (Å²) >= 11 is 0. The van der Waals surface area contributed by atoms with Crippen LogP contribution in [0.4, 0.5) is 0 Å². The summed E-state index contributed by atoms with van der Waals surface area (Å²) in [6, 6.07) is 0. The molecular formula is C8H9N5O2. The summed E-state index contributed by atoms with van der Waals surface area (Å²) in [6.07, 6.45) is 4.49. The van der Waals surface area contributed by atoms with Crippen molar-refractivity contribution in [3.8, 4) is 5.82 Å². The molecule has 0 aromatic carbocycles. The Balaban J connectivity index is 2.54. The second-order valence-electron chi connectivity index (χ2n) is 2.83. The normalized spacial score (nSPS) is 10.5. The number of hydrogen-bond acceptors (Lipinski definition) is 4. The SMILES string of the molecule is CCn1nncc1-n1ccnc1C(=O)O. The topological polar surface area (TPSA) is 85.8 Å². The van der Waals surface area contributed by atoms with Crippen molar-refractivity contribution < 1.29 is 9.90 Å². The molecule has 2 rings (SSSR count). The van der Waals surface area contributed by atoms with Gasteiger partial charge < -0.3 is 5.11 Å². The molecule has 0 aliphatic heterocycles. The number of nitrogens with zero attached hydrogens (tertiary/aromatic N) is 5. The van der Waals surface area contributed by atoms with Crippen molar-refractivity contribution in [1.82, 2.24) is 24.5 Å². The summed E-state index contributed by atoms with van der Waals surface area (Å²) in [6.45, 7) is 2.52. The van der Waals surface area contributed by atoms with Gasteiger partial charge in [0.05, 0.1) is 6.20 Å². The summed E-state index contributed by atoms with van der Waals surface area (Å²) in [4.78, 5) is 14.6. The first kappa shape index (κ1) is 9.38. The Morgan fingerprint density at radius 2 is 2.40 bits per heavy atom. The molecule has 7 heteroatoms. The molecule has 0 aliphatic rings. The molecular weight excluding hydrogens is 198 g/mol. The fraction of sp³-hybridized carbons (Fsp3) is 0.250. The number of aromatic nitrogens is 5. The van der Waals surface area contributed by atoms with Crippen LogP contribution in [0.1, 0.15) is 17.5 Å². The standard InChI is InChI=1S/C8H9N5O2/c1-2-13-6(5-10-11-13)12-4-3-9-7(12)8(14)15/h3-5H,2H2,1H3,(H,14,15). The van der Waals surface area contributed by atoms with Crippen molar-refractivity contribution in [3.05, 3.63) is 24.4 Å². The zero-order chi connectivity index (χ0) is 10.8. The van der Waals surface area contributed by atoms with E-state index in [1.807, 2.05) is 6.92 Å². The van der Waals surface area contributed by atoms with E-state index in [9.17, 15) is 4.79 Å². The van der Waals surface area contributed by atoms with Crippen LogP contribution in [0.25, 0.3) is 5.82 Å². The largest absolute Gasteiger partial charge is 0.475 e. The molecule has 78 valence electrons. The third-order valence-corrected chi connectivity index (χ3v) is 1.98. The zero-order valence-corrected chi connectivity index (χ0v) is 8.03. The number of rotatable bonds is 3. The van der Waals surface area contributed by atoms with E-state index in [2.05, 4.69) is 15.3 Å².